The van der Waals surface area contributed by atoms with Crippen LogP contribution in [0, 0.1) is 5.92 Å². The van der Waals surface area contributed by atoms with Gasteiger partial charge in [0.25, 0.3) is 0 Å². The van der Waals surface area contributed by atoms with Crippen molar-refractivity contribution in [1.29, 1.82) is 0 Å². The van der Waals surface area contributed by atoms with Crippen molar-refractivity contribution in [2.75, 3.05) is 0 Å². The highest BCUT2D eigenvalue weighted by Crippen LogP contribution is 2.26. The van der Waals surface area contributed by atoms with Gasteiger partial charge in [0.05, 0.1) is 6.54 Å². The third-order valence-corrected chi connectivity index (χ3v) is 3.56. The number of hydrogen-bond acceptors (Lipinski definition) is 3. The van der Waals surface area contributed by atoms with E-state index in [1.165, 1.54) is 32.1 Å². The summed E-state index contributed by atoms with van der Waals surface area (Å²) in [5, 5.41) is 7.85. The summed E-state index contributed by atoms with van der Waals surface area (Å²) in [5.41, 5.74) is 0. The highest BCUT2D eigenvalue weighted by atomic mass is 15.3. The van der Waals surface area contributed by atoms with Gasteiger partial charge in [-0.1, -0.05) is 26.2 Å². The fourth-order valence-corrected chi connectivity index (χ4v) is 2.55. The maximum atomic E-state index is 4.28. The van der Waals surface area contributed by atoms with Crippen LogP contribution in [0.25, 0.3) is 0 Å². The Morgan fingerprint density at radius 1 is 1.50 bits per heavy atom. The van der Waals surface area contributed by atoms with Gasteiger partial charge in [-0.25, -0.2) is 4.98 Å². The predicted molar refractivity (Wildman–Crippen MR) is 63.9 cm³/mol. The second-order valence-corrected chi connectivity index (χ2v) is 4.85. The lowest BCUT2D eigenvalue weighted by Gasteiger charge is -2.28. The van der Waals surface area contributed by atoms with E-state index in [0.717, 1.165) is 18.3 Å². The van der Waals surface area contributed by atoms with Crippen LogP contribution in [-0.2, 0) is 13.6 Å². The average molecular weight is 222 g/mol. The van der Waals surface area contributed by atoms with Crippen LogP contribution < -0.4 is 5.32 Å². The molecule has 2 rings (SSSR count). The molecular formula is C12H22N4. The normalized spacial score (nSPS) is 25.9. The predicted octanol–water partition coefficient (Wildman–Crippen LogP) is 1.87. The third-order valence-electron chi connectivity index (χ3n) is 3.56. The third kappa shape index (κ3) is 3.04. The molecule has 0 amide bonds. The zero-order valence-corrected chi connectivity index (χ0v) is 10.3. The molecule has 90 valence electrons. The first-order valence-electron chi connectivity index (χ1n) is 6.35. The summed E-state index contributed by atoms with van der Waals surface area (Å²) in [6.45, 7) is 3.11. The minimum absolute atomic E-state index is 0.669. The van der Waals surface area contributed by atoms with Crippen molar-refractivity contribution in [1.82, 2.24) is 20.1 Å². The van der Waals surface area contributed by atoms with E-state index < -0.39 is 0 Å². The molecule has 0 saturated heterocycles. The summed E-state index contributed by atoms with van der Waals surface area (Å²) in [6, 6.07) is 0.669. The van der Waals surface area contributed by atoms with Crippen LogP contribution in [0.5, 0.6) is 0 Å². The van der Waals surface area contributed by atoms with Crippen LogP contribution >= 0.6 is 0 Å². The standard InChI is InChI=1S/C12H22N4/c1-3-10-5-4-6-11(7-10)13-8-12-14-9-16(2)15-12/h9-11,13H,3-8H2,1-2H3. The Balaban J connectivity index is 1.77. The van der Waals surface area contributed by atoms with Crippen molar-refractivity contribution < 1.29 is 0 Å². The summed E-state index contributed by atoms with van der Waals surface area (Å²) in [7, 11) is 1.91. The molecule has 1 aliphatic rings. The topological polar surface area (TPSA) is 42.7 Å². The molecule has 4 nitrogen and oxygen atoms in total. The van der Waals surface area contributed by atoms with Crippen molar-refractivity contribution in [2.24, 2.45) is 13.0 Å². The van der Waals surface area contributed by atoms with Crippen molar-refractivity contribution in [3.63, 3.8) is 0 Å². The zero-order chi connectivity index (χ0) is 11.4. The van der Waals surface area contributed by atoms with Gasteiger partial charge in [-0.05, 0) is 18.8 Å². The van der Waals surface area contributed by atoms with E-state index in [9.17, 15) is 0 Å². The SMILES string of the molecule is CCC1CCCC(NCc2ncn(C)n2)C1. The van der Waals surface area contributed by atoms with Gasteiger partial charge < -0.3 is 5.32 Å². The quantitative estimate of drug-likeness (QED) is 0.845. The lowest BCUT2D eigenvalue weighted by atomic mass is 9.84. The minimum Gasteiger partial charge on any atom is -0.307 e. The molecule has 0 aliphatic heterocycles. The lowest BCUT2D eigenvalue weighted by molar-refractivity contribution is 0.277. The van der Waals surface area contributed by atoms with Crippen LogP contribution in [-0.4, -0.2) is 20.8 Å². The highest BCUT2D eigenvalue weighted by molar-refractivity contribution is 4.84. The van der Waals surface area contributed by atoms with Gasteiger partial charge >= 0.3 is 0 Å². The molecule has 1 heterocycles. The van der Waals surface area contributed by atoms with E-state index in [1.54, 1.807) is 11.0 Å². The number of rotatable bonds is 4. The van der Waals surface area contributed by atoms with E-state index in [0.29, 0.717) is 6.04 Å². The first kappa shape index (κ1) is 11.6. The second kappa shape index (κ2) is 5.43. The largest absolute Gasteiger partial charge is 0.307 e. The van der Waals surface area contributed by atoms with Gasteiger partial charge in [0.1, 0.15) is 6.33 Å². The van der Waals surface area contributed by atoms with Crippen LogP contribution in [0.15, 0.2) is 6.33 Å². The van der Waals surface area contributed by atoms with Gasteiger partial charge in [0, 0.05) is 13.1 Å². The molecule has 2 atom stereocenters. The van der Waals surface area contributed by atoms with E-state index in [4.69, 9.17) is 0 Å². The maximum Gasteiger partial charge on any atom is 0.164 e. The molecule has 0 aromatic carbocycles. The van der Waals surface area contributed by atoms with Gasteiger partial charge in [-0.2, -0.15) is 5.10 Å². The fourth-order valence-electron chi connectivity index (χ4n) is 2.55. The Bertz CT molecular complexity index is 321. The van der Waals surface area contributed by atoms with Gasteiger partial charge in [0.15, 0.2) is 5.82 Å². The molecular weight excluding hydrogens is 200 g/mol. The number of aryl methyl sites for hydroxylation is 1. The smallest absolute Gasteiger partial charge is 0.164 e. The number of aromatic nitrogens is 3. The van der Waals surface area contributed by atoms with Gasteiger partial charge in [0.2, 0.25) is 0 Å². The molecule has 0 radical (unpaired) electrons. The molecule has 1 aliphatic carbocycles. The van der Waals surface area contributed by atoms with Crippen LogP contribution in [0.1, 0.15) is 44.9 Å². The van der Waals surface area contributed by atoms with E-state index in [1.807, 2.05) is 7.05 Å². The molecule has 1 saturated carbocycles. The number of nitrogens with one attached hydrogen (secondary N) is 1. The van der Waals surface area contributed by atoms with Crippen molar-refractivity contribution in [2.45, 2.75) is 51.6 Å². The Hall–Kier alpha value is -0.900. The zero-order valence-electron chi connectivity index (χ0n) is 10.3. The van der Waals surface area contributed by atoms with Gasteiger partial charge in [-0.3, -0.25) is 4.68 Å². The Labute approximate surface area is 97.5 Å². The molecule has 0 spiro atoms. The Morgan fingerprint density at radius 2 is 2.38 bits per heavy atom. The monoisotopic (exact) mass is 222 g/mol. The van der Waals surface area contributed by atoms with Crippen LogP contribution in [0.2, 0.25) is 0 Å². The Kier molecular flexibility index (Phi) is 3.93. The second-order valence-electron chi connectivity index (χ2n) is 4.85. The van der Waals surface area contributed by atoms with Crippen molar-refractivity contribution in [3.8, 4) is 0 Å². The summed E-state index contributed by atoms with van der Waals surface area (Å²) in [6.07, 6.45) is 8.49. The van der Waals surface area contributed by atoms with E-state index >= 15 is 0 Å². The summed E-state index contributed by atoms with van der Waals surface area (Å²) >= 11 is 0. The first-order chi connectivity index (χ1) is 7.78. The molecule has 1 N–H and O–H groups in total. The van der Waals surface area contributed by atoms with E-state index in [2.05, 4.69) is 22.3 Å². The highest BCUT2D eigenvalue weighted by Gasteiger charge is 2.20. The van der Waals surface area contributed by atoms with Crippen LogP contribution in [0.3, 0.4) is 0 Å². The fraction of sp³-hybridized carbons (Fsp3) is 0.833. The molecule has 16 heavy (non-hydrogen) atoms. The summed E-state index contributed by atoms with van der Waals surface area (Å²) in [4.78, 5) is 4.23. The number of hydrogen-bond donors (Lipinski definition) is 1. The summed E-state index contributed by atoms with van der Waals surface area (Å²) < 4.78 is 1.76. The molecule has 2 unspecified atom stereocenters. The molecule has 0 bridgehead atoms. The Morgan fingerprint density at radius 3 is 3.06 bits per heavy atom. The molecule has 1 aromatic heterocycles. The van der Waals surface area contributed by atoms with Crippen LogP contribution in [0.4, 0.5) is 0 Å². The summed E-state index contributed by atoms with van der Waals surface area (Å²) in [5.74, 6) is 1.82. The molecule has 1 aromatic rings. The molecule has 1 fully saturated rings. The average Bonchev–Trinajstić information content (AvgIpc) is 2.73. The number of nitrogens with zero attached hydrogens (tertiary/aromatic N) is 3. The lowest BCUT2D eigenvalue weighted by Crippen LogP contribution is -2.33. The molecule has 4 heteroatoms. The van der Waals surface area contributed by atoms with Gasteiger partial charge in [-0.15, -0.1) is 0 Å². The minimum atomic E-state index is 0.669. The van der Waals surface area contributed by atoms with Crippen molar-refractivity contribution >= 4 is 0 Å². The van der Waals surface area contributed by atoms with E-state index in [-0.39, 0.29) is 0 Å². The van der Waals surface area contributed by atoms with Crippen molar-refractivity contribution in [3.05, 3.63) is 12.2 Å². The maximum absolute atomic E-state index is 4.28. The first-order valence-corrected chi connectivity index (χ1v) is 6.35.